The highest BCUT2D eigenvalue weighted by molar-refractivity contribution is 5.48. The summed E-state index contributed by atoms with van der Waals surface area (Å²) in [6.45, 7) is 5.83. The Morgan fingerprint density at radius 1 is 1.19 bits per heavy atom. The van der Waals surface area contributed by atoms with Gasteiger partial charge < -0.3 is 10.6 Å². The van der Waals surface area contributed by atoms with Gasteiger partial charge in [-0.2, -0.15) is 0 Å². The molecular formula is C14H22N2. The maximum Gasteiger partial charge on any atom is 0.0347 e. The zero-order valence-corrected chi connectivity index (χ0v) is 10.2. The smallest absolute Gasteiger partial charge is 0.0347 e. The number of aryl methyl sites for hydroxylation is 1. The summed E-state index contributed by atoms with van der Waals surface area (Å²) in [6, 6.07) is 6.33. The maximum absolute atomic E-state index is 5.99. The lowest BCUT2D eigenvalue weighted by Gasteiger charge is -2.26. The van der Waals surface area contributed by atoms with E-state index in [4.69, 9.17) is 5.73 Å². The summed E-state index contributed by atoms with van der Waals surface area (Å²) in [4.78, 5) is 2.56. The van der Waals surface area contributed by atoms with Crippen molar-refractivity contribution < 1.29 is 0 Å². The molecule has 0 bridgehead atoms. The lowest BCUT2D eigenvalue weighted by atomic mass is 10.1. The fourth-order valence-electron chi connectivity index (χ4n) is 2.41. The SMILES string of the molecule is Cc1ccc(N)c(CCN2CCCCC2)c1. The minimum Gasteiger partial charge on any atom is -0.399 e. The van der Waals surface area contributed by atoms with Crippen LogP contribution in [0.15, 0.2) is 18.2 Å². The van der Waals surface area contributed by atoms with Crippen LogP contribution in [0.4, 0.5) is 5.69 Å². The number of benzene rings is 1. The van der Waals surface area contributed by atoms with Crippen LogP contribution in [-0.2, 0) is 6.42 Å². The number of rotatable bonds is 3. The quantitative estimate of drug-likeness (QED) is 0.790. The molecular weight excluding hydrogens is 196 g/mol. The van der Waals surface area contributed by atoms with E-state index in [0.717, 1.165) is 18.7 Å². The van der Waals surface area contributed by atoms with Gasteiger partial charge in [-0.25, -0.2) is 0 Å². The molecule has 0 aromatic heterocycles. The molecule has 2 heteroatoms. The van der Waals surface area contributed by atoms with Crippen LogP contribution in [0, 0.1) is 6.92 Å². The highest BCUT2D eigenvalue weighted by atomic mass is 15.1. The van der Waals surface area contributed by atoms with E-state index in [9.17, 15) is 0 Å². The number of piperidine rings is 1. The van der Waals surface area contributed by atoms with Crippen LogP contribution in [0.5, 0.6) is 0 Å². The van der Waals surface area contributed by atoms with Gasteiger partial charge in [0.1, 0.15) is 0 Å². The minimum atomic E-state index is 0.947. The third-order valence-corrected chi connectivity index (χ3v) is 3.44. The first-order valence-corrected chi connectivity index (χ1v) is 6.33. The molecule has 88 valence electrons. The molecule has 0 radical (unpaired) electrons. The van der Waals surface area contributed by atoms with E-state index in [0.29, 0.717) is 0 Å². The van der Waals surface area contributed by atoms with Gasteiger partial charge in [0.05, 0.1) is 0 Å². The molecule has 1 aromatic rings. The molecule has 1 aliphatic rings. The molecule has 0 atom stereocenters. The summed E-state index contributed by atoms with van der Waals surface area (Å²) >= 11 is 0. The molecule has 1 aliphatic heterocycles. The second-order valence-electron chi connectivity index (χ2n) is 4.85. The molecule has 0 unspecified atom stereocenters. The van der Waals surface area contributed by atoms with E-state index in [1.54, 1.807) is 0 Å². The zero-order valence-electron chi connectivity index (χ0n) is 10.2. The van der Waals surface area contributed by atoms with Crippen LogP contribution in [0.3, 0.4) is 0 Å². The van der Waals surface area contributed by atoms with E-state index >= 15 is 0 Å². The molecule has 16 heavy (non-hydrogen) atoms. The van der Waals surface area contributed by atoms with Gasteiger partial charge in [0, 0.05) is 12.2 Å². The number of nitrogens with zero attached hydrogens (tertiary/aromatic N) is 1. The number of nitrogens with two attached hydrogens (primary N) is 1. The van der Waals surface area contributed by atoms with Crippen LogP contribution in [-0.4, -0.2) is 24.5 Å². The molecule has 1 heterocycles. The molecule has 2 nitrogen and oxygen atoms in total. The van der Waals surface area contributed by atoms with Crippen molar-refractivity contribution in [2.24, 2.45) is 0 Å². The van der Waals surface area contributed by atoms with Crippen LogP contribution in [0.1, 0.15) is 30.4 Å². The summed E-state index contributed by atoms with van der Waals surface area (Å²) in [5.74, 6) is 0. The average Bonchev–Trinajstić information content (AvgIpc) is 2.32. The predicted molar refractivity (Wildman–Crippen MR) is 69.6 cm³/mol. The van der Waals surface area contributed by atoms with Crippen LogP contribution in [0.2, 0.25) is 0 Å². The van der Waals surface area contributed by atoms with Gasteiger partial charge in [-0.3, -0.25) is 0 Å². The summed E-state index contributed by atoms with van der Waals surface area (Å²) in [5.41, 5.74) is 9.55. The van der Waals surface area contributed by atoms with E-state index in [-0.39, 0.29) is 0 Å². The van der Waals surface area contributed by atoms with Gasteiger partial charge in [0.2, 0.25) is 0 Å². The first-order valence-electron chi connectivity index (χ1n) is 6.33. The Balaban J connectivity index is 1.90. The Bertz CT molecular complexity index is 341. The van der Waals surface area contributed by atoms with Crippen LogP contribution >= 0.6 is 0 Å². The van der Waals surface area contributed by atoms with Crippen molar-refractivity contribution in [3.8, 4) is 0 Å². The largest absolute Gasteiger partial charge is 0.399 e. The van der Waals surface area contributed by atoms with Gasteiger partial charge >= 0.3 is 0 Å². The van der Waals surface area contributed by atoms with E-state index in [1.165, 1.54) is 43.5 Å². The molecule has 0 aliphatic carbocycles. The van der Waals surface area contributed by atoms with Crippen LogP contribution < -0.4 is 5.73 Å². The van der Waals surface area contributed by atoms with Gasteiger partial charge in [-0.15, -0.1) is 0 Å². The highest BCUT2D eigenvalue weighted by Gasteiger charge is 2.10. The average molecular weight is 218 g/mol. The van der Waals surface area contributed by atoms with Crippen molar-refractivity contribution in [3.05, 3.63) is 29.3 Å². The maximum atomic E-state index is 5.99. The number of nitrogen functional groups attached to an aromatic ring is 1. The van der Waals surface area contributed by atoms with Crippen molar-refractivity contribution in [3.63, 3.8) is 0 Å². The van der Waals surface area contributed by atoms with Gasteiger partial charge in [0.15, 0.2) is 0 Å². The van der Waals surface area contributed by atoms with Gasteiger partial charge in [0.25, 0.3) is 0 Å². The Kier molecular flexibility index (Phi) is 3.83. The predicted octanol–water partition coefficient (Wildman–Crippen LogP) is 2.61. The first kappa shape index (κ1) is 11.5. The van der Waals surface area contributed by atoms with Crippen molar-refractivity contribution >= 4 is 5.69 Å². The van der Waals surface area contributed by atoms with E-state index in [2.05, 4.69) is 24.0 Å². The zero-order chi connectivity index (χ0) is 11.4. The third-order valence-electron chi connectivity index (χ3n) is 3.44. The molecule has 0 spiro atoms. The summed E-state index contributed by atoms with van der Waals surface area (Å²) in [7, 11) is 0. The molecule has 1 aromatic carbocycles. The Morgan fingerprint density at radius 3 is 2.69 bits per heavy atom. The monoisotopic (exact) mass is 218 g/mol. The molecule has 1 fully saturated rings. The standard InChI is InChI=1S/C14H22N2/c1-12-5-6-14(15)13(11-12)7-10-16-8-3-2-4-9-16/h5-6,11H,2-4,7-10,15H2,1H3. The summed E-state index contributed by atoms with van der Waals surface area (Å²) < 4.78 is 0. The van der Waals surface area contributed by atoms with E-state index < -0.39 is 0 Å². The Labute approximate surface area is 98.4 Å². The molecule has 2 rings (SSSR count). The first-order chi connectivity index (χ1) is 7.75. The van der Waals surface area contributed by atoms with E-state index in [1.807, 2.05) is 6.07 Å². The number of likely N-dealkylation sites (tertiary alicyclic amines) is 1. The van der Waals surface area contributed by atoms with Crippen LogP contribution in [0.25, 0.3) is 0 Å². The van der Waals surface area contributed by atoms with Crippen molar-refractivity contribution in [2.45, 2.75) is 32.6 Å². The Morgan fingerprint density at radius 2 is 1.94 bits per heavy atom. The third kappa shape index (κ3) is 2.99. The molecule has 0 saturated carbocycles. The van der Waals surface area contributed by atoms with Crippen molar-refractivity contribution in [2.75, 3.05) is 25.4 Å². The van der Waals surface area contributed by atoms with Gasteiger partial charge in [-0.1, -0.05) is 24.1 Å². The normalized spacial score (nSPS) is 17.6. The second kappa shape index (κ2) is 5.35. The number of hydrogen-bond donors (Lipinski definition) is 1. The molecule has 1 saturated heterocycles. The lowest BCUT2D eigenvalue weighted by molar-refractivity contribution is 0.231. The number of anilines is 1. The lowest BCUT2D eigenvalue weighted by Crippen LogP contribution is -2.31. The molecule has 2 N–H and O–H groups in total. The van der Waals surface area contributed by atoms with Gasteiger partial charge in [-0.05, 0) is 50.9 Å². The minimum absolute atomic E-state index is 0.947. The topological polar surface area (TPSA) is 29.3 Å². The highest BCUT2D eigenvalue weighted by Crippen LogP contribution is 2.16. The molecule has 0 amide bonds. The fourth-order valence-corrected chi connectivity index (χ4v) is 2.41. The fraction of sp³-hybridized carbons (Fsp3) is 0.571. The van der Waals surface area contributed by atoms with Crippen molar-refractivity contribution in [1.29, 1.82) is 0 Å². The summed E-state index contributed by atoms with van der Waals surface area (Å²) in [6.07, 6.45) is 5.23. The summed E-state index contributed by atoms with van der Waals surface area (Å²) in [5, 5.41) is 0. The number of hydrogen-bond acceptors (Lipinski definition) is 2. The van der Waals surface area contributed by atoms with Crippen molar-refractivity contribution in [1.82, 2.24) is 4.90 Å². The second-order valence-corrected chi connectivity index (χ2v) is 4.85. The Hall–Kier alpha value is -1.02.